The Morgan fingerprint density at radius 1 is 0.688 bits per heavy atom. The number of rotatable bonds is 11. The lowest BCUT2D eigenvalue weighted by atomic mass is 10.1. The van der Waals surface area contributed by atoms with Gasteiger partial charge in [-0.05, 0) is 12.8 Å². The molecule has 0 heterocycles. The van der Waals surface area contributed by atoms with Gasteiger partial charge in [0.15, 0.2) is 0 Å². The van der Waals surface area contributed by atoms with Crippen LogP contribution < -0.4 is 0 Å². The molecule has 0 aromatic rings. The number of aliphatic hydroxyl groups excluding tert-OH is 1. The van der Waals surface area contributed by atoms with E-state index >= 15 is 0 Å². The maximum Gasteiger partial charge on any atom is 0.264 e. The summed E-state index contributed by atoms with van der Waals surface area (Å²) in [7, 11) is -3.76. The fourth-order valence-corrected chi connectivity index (χ4v) is 2.20. The van der Waals surface area contributed by atoms with Crippen molar-refractivity contribution in [1.82, 2.24) is 0 Å². The van der Waals surface area contributed by atoms with Crippen LogP contribution in [-0.4, -0.2) is 30.4 Å². The highest BCUT2D eigenvalue weighted by atomic mass is 32.2. The number of hydrogen-bond acceptors (Lipinski definition) is 3. The van der Waals surface area contributed by atoms with Gasteiger partial charge in [0.25, 0.3) is 10.1 Å². The van der Waals surface area contributed by atoms with Crippen LogP contribution in [0.2, 0.25) is 0 Å². The molecule has 2 N–H and O–H groups in total. The summed E-state index contributed by atoms with van der Waals surface area (Å²) < 4.78 is 29.3. The lowest BCUT2D eigenvalue weighted by Crippen LogP contribution is -2.03. The van der Waals surface area contributed by atoms with Gasteiger partial charge < -0.3 is 5.11 Å². The highest BCUT2D eigenvalue weighted by Crippen LogP contribution is 2.09. The first-order chi connectivity index (χ1) is 7.56. The van der Waals surface area contributed by atoms with E-state index in [1.54, 1.807) is 0 Å². The zero-order valence-corrected chi connectivity index (χ0v) is 10.7. The summed E-state index contributed by atoms with van der Waals surface area (Å²) in [6, 6.07) is 0. The molecule has 0 saturated heterocycles. The molecule has 0 aromatic carbocycles. The molecule has 0 radical (unpaired) electrons. The van der Waals surface area contributed by atoms with Gasteiger partial charge in [-0.25, -0.2) is 0 Å². The third-order valence-electron chi connectivity index (χ3n) is 2.56. The molecular formula is C11H24O4S. The number of hydrogen-bond donors (Lipinski definition) is 2. The molecule has 0 bridgehead atoms. The molecule has 0 unspecified atom stereocenters. The standard InChI is InChI=1S/C11H24O4S/c12-10-8-6-4-2-1-3-5-7-9-11-16(13,14)15/h12H,1-11H2,(H,13,14,15). The number of aliphatic hydroxyl groups is 1. The third-order valence-corrected chi connectivity index (χ3v) is 3.36. The zero-order valence-electron chi connectivity index (χ0n) is 9.90. The minimum absolute atomic E-state index is 0.108. The summed E-state index contributed by atoms with van der Waals surface area (Å²) in [5, 5.41) is 8.56. The Hall–Kier alpha value is -0.130. The lowest BCUT2D eigenvalue weighted by molar-refractivity contribution is 0.282. The Morgan fingerprint density at radius 2 is 1.06 bits per heavy atom. The normalized spacial score (nSPS) is 11.9. The molecule has 4 nitrogen and oxygen atoms in total. The van der Waals surface area contributed by atoms with Crippen LogP contribution in [0.5, 0.6) is 0 Å². The van der Waals surface area contributed by atoms with E-state index in [9.17, 15) is 8.42 Å². The Kier molecular flexibility index (Phi) is 9.97. The zero-order chi connectivity index (χ0) is 12.3. The van der Waals surface area contributed by atoms with E-state index in [1.807, 2.05) is 0 Å². The Morgan fingerprint density at radius 3 is 1.44 bits per heavy atom. The van der Waals surface area contributed by atoms with Crippen molar-refractivity contribution in [2.45, 2.75) is 57.8 Å². The molecule has 0 spiro atoms. The van der Waals surface area contributed by atoms with Crippen molar-refractivity contribution >= 4 is 10.1 Å². The van der Waals surface area contributed by atoms with E-state index in [2.05, 4.69) is 0 Å². The Balaban J connectivity index is 3.05. The molecular weight excluding hydrogens is 228 g/mol. The predicted molar refractivity (Wildman–Crippen MR) is 65.1 cm³/mol. The molecule has 16 heavy (non-hydrogen) atoms. The summed E-state index contributed by atoms with van der Waals surface area (Å²) in [5.41, 5.74) is 0. The van der Waals surface area contributed by atoms with Gasteiger partial charge >= 0.3 is 0 Å². The van der Waals surface area contributed by atoms with E-state index in [0.717, 1.165) is 32.1 Å². The first kappa shape index (κ1) is 15.9. The van der Waals surface area contributed by atoms with E-state index < -0.39 is 10.1 Å². The summed E-state index contributed by atoms with van der Waals surface area (Å²) in [5.74, 6) is -0.108. The fraction of sp³-hybridized carbons (Fsp3) is 1.00. The van der Waals surface area contributed by atoms with Crippen molar-refractivity contribution in [3.63, 3.8) is 0 Å². The minimum Gasteiger partial charge on any atom is -0.396 e. The van der Waals surface area contributed by atoms with Gasteiger partial charge in [0.2, 0.25) is 0 Å². The van der Waals surface area contributed by atoms with Gasteiger partial charge in [-0.1, -0.05) is 44.9 Å². The first-order valence-electron chi connectivity index (χ1n) is 6.12. The van der Waals surface area contributed by atoms with Gasteiger partial charge in [-0.3, -0.25) is 4.55 Å². The van der Waals surface area contributed by atoms with E-state index in [1.165, 1.54) is 19.3 Å². The van der Waals surface area contributed by atoms with Crippen molar-refractivity contribution in [2.24, 2.45) is 0 Å². The highest BCUT2D eigenvalue weighted by Gasteiger charge is 2.02. The van der Waals surface area contributed by atoms with Gasteiger partial charge in [0, 0.05) is 6.61 Å². The van der Waals surface area contributed by atoms with Crippen molar-refractivity contribution in [2.75, 3.05) is 12.4 Å². The largest absolute Gasteiger partial charge is 0.396 e. The molecule has 0 aromatic heterocycles. The molecule has 0 aliphatic carbocycles. The highest BCUT2D eigenvalue weighted by molar-refractivity contribution is 7.85. The van der Waals surface area contributed by atoms with Crippen LogP contribution in [0.1, 0.15) is 57.8 Å². The fourth-order valence-electron chi connectivity index (χ4n) is 1.63. The molecule has 98 valence electrons. The Bertz CT molecular complexity index is 236. The quantitative estimate of drug-likeness (QED) is 0.437. The molecule has 0 aliphatic heterocycles. The summed E-state index contributed by atoms with van der Waals surface area (Å²) in [6.45, 7) is 0.287. The molecule has 0 aliphatic rings. The lowest BCUT2D eigenvalue weighted by Gasteiger charge is -2.01. The van der Waals surface area contributed by atoms with Crippen LogP contribution in [0.4, 0.5) is 0 Å². The second-order valence-electron chi connectivity index (χ2n) is 4.19. The SMILES string of the molecule is O=S(=O)(O)CCCCCCCCCCCO. The van der Waals surface area contributed by atoms with Crippen molar-refractivity contribution in [1.29, 1.82) is 0 Å². The smallest absolute Gasteiger partial charge is 0.264 e. The molecule has 5 heteroatoms. The maximum atomic E-state index is 10.4. The van der Waals surface area contributed by atoms with Crippen molar-refractivity contribution < 1.29 is 18.1 Å². The number of unbranched alkanes of at least 4 members (excludes halogenated alkanes) is 8. The second kappa shape index (κ2) is 10.1. The van der Waals surface area contributed by atoms with Crippen LogP contribution >= 0.6 is 0 Å². The molecule has 0 amide bonds. The monoisotopic (exact) mass is 252 g/mol. The summed E-state index contributed by atoms with van der Waals surface area (Å²) in [6.07, 6.45) is 9.13. The Labute approximate surface area is 98.8 Å². The summed E-state index contributed by atoms with van der Waals surface area (Å²) >= 11 is 0. The molecule has 0 atom stereocenters. The average Bonchev–Trinajstić information content (AvgIpc) is 2.19. The van der Waals surface area contributed by atoms with Crippen molar-refractivity contribution in [3.05, 3.63) is 0 Å². The van der Waals surface area contributed by atoms with E-state index in [0.29, 0.717) is 6.42 Å². The van der Waals surface area contributed by atoms with Crippen LogP contribution in [0.25, 0.3) is 0 Å². The first-order valence-corrected chi connectivity index (χ1v) is 7.73. The molecule has 0 saturated carbocycles. The van der Waals surface area contributed by atoms with Crippen molar-refractivity contribution in [3.8, 4) is 0 Å². The van der Waals surface area contributed by atoms with Crippen LogP contribution in [-0.2, 0) is 10.1 Å². The van der Waals surface area contributed by atoms with E-state index in [-0.39, 0.29) is 12.4 Å². The van der Waals surface area contributed by atoms with Crippen LogP contribution in [0, 0.1) is 0 Å². The van der Waals surface area contributed by atoms with E-state index in [4.69, 9.17) is 9.66 Å². The molecule has 0 rings (SSSR count). The predicted octanol–water partition coefficient (Wildman–Crippen LogP) is 2.38. The average molecular weight is 252 g/mol. The maximum absolute atomic E-state index is 10.4. The van der Waals surface area contributed by atoms with Gasteiger partial charge in [-0.2, -0.15) is 8.42 Å². The minimum atomic E-state index is -3.76. The van der Waals surface area contributed by atoms with Gasteiger partial charge in [-0.15, -0.1) is 0 Å². The molecule has 0 fully saturated rings. The third kappa shape index (κ3) is 13.9. The van der Waals surface area contributed by atoms with Crippen LogP contribution in [0.3, 0.4) is 0 Å². The van der Waals surface area contributed by atoms with Gasteiger partial charge in [0.05, 0.1) is 5.75 Å². The summed E-state index contributed by atoms with van der Waals surface area (Å²) in [4.78, 5) is 0. The van der Waals surface area contributed by atoms with Crippen LogP contribution in [0.15, 0.2) is 0 Å². The topological polar surface area (TPSA) is 74.6 Å². The van der Waals surface area contributed by atoms with Gasteiger partial charge in [0.1, 0.15) is 0 Å². The second-order valence-corrected chi connectivity index (χ2v) is 5.76.